The lowest BCUT2D eigenvalue weighted by atomic mass is 10.3. The molecular weight excluding hydrogens is 271 g/mol. The molecule has 5 nitrogen and oxygen atoms in total. The summed E-state index contributed by atoms with van der Waals surface area (Å²) in [7, 11) is -3.84. The molecule has 0 aliphatic heterocycles. The van der Waals surface area contributed by atoms with Crippen molar-refractivity contribution >= 4 is 15.7 Å². The zero-order valence-corrected chi connectivity index (χ0v) is 10.5. The van der Waals surface area contributed by atoms with Crippen molar-refractivity contribution in [2.24, 2.45) is 5.14 Å². The van der Waals surface area contributed by atoms with Crippen LogP contribution in [0.2, 0.25) is 0 Å². The topological polar surface area (TPSA) is 95.4 Å². The summed E-state index contributed by atoms with van der Waals surface area (Å²) in [6, 6.07) is 9.11. The minimum atomic E-state index is -3.84. The summed E-state index contributed by atoms with van der Waals surface area (Å²) in [6.07, 6.45) is 0. The lowest BCUT2D eigenvalue weighted by Gasteiger charge is -2.09. The highest BCUT2D eigenvalue weighted by Crippen LogP contribution is 2.29. The Balaban J connectivity index is 2.37. The third-order valence-electron chi connectivity index (χ3n) is 2.36. The van der Waals surface area contributed by atoms with Crippen LogP contribution in [-0.4, -0.2) is 8.42 Å². The third-order valence-corrected chi connectivity index (χ3v) is 3.27. The van der Waals surface area contributed by atoms with Crippen LogP contribution < -0.4 is 15.6 Å². The molecule has 0 atom stereocenters. The van der Waals surface area contributed by atoms with Crippen molar-refractivity contribution in [3.63, 3.8) is 0 Å². The highest BCUT2D eigenvalue weighted by molar-refractivity contribution is 7.89. The fraction of sp³-hybridized carbons (Fsp3) is 0. The van der Waals surface area contributed by atoms with Gasteiger partial charge in [0.15, 0.2) is 5.75 Å². The van der Waals surface area contributed by atoms with E-state index >= 15 is 0 Å². The maximum absolute atomic E-state index is 12.7. The molecule has 2 aromatic carbocycles. The minimum Gasteiger partial charge on any atom is -0.455 e. The molecule has 2 aromatic rings. The van der Waals surface area contributed by atoms with Gasteiger partial charge >= 0.3 is 0 Å². The molecule has 0 aliphatic carbocycles. The Kier molecular flexibility index (Phi) is 3.41. The van der Waals surface area contributed by atoms with E-state index in [0.29, 0.717) is 5.75 Å². The normalized spacial score (nSPS) is 11.3. The van der Waals surface area contributed by atoms with Crippen molar-refractivity contribution in [3.8, 4) is 11.5 Å². The maximum atomic E-state index is 12.7. The summed E-state index contributed by atoms with van der Waals surface area (Å²) in [5.74, 6) is 0.0661. The molecule has 2 rings (SSSR count). The van der Waals surface area contributed by atoms with E-state index < -0.39 is 15.8 Å². The summed E-state index contributed by atoms with van der Waals surface area (Å²) in [5, 5.41) is 5.02. The number of nitrogens with two attached hydrogens (primary N) is 2. The molecule has 0 spiro atoms. The summed E-state index contributed by atoms with van der Waals surface area (Å²) in [5.41, 5.74) is 5.92. The van der Waals surface area contributed by atoms with Crippen molar-refractivity contribution in [2.45, 2.75) is 4.90 Å². The number of anilines is 1. The van der Waals surface area contributed by atoms with Gasteiger partial charge in [0, 0.05) is 6.07 Å². The number of hydrogen-bond donors (Lipinski definition) is 2. The molecular formula is C12H11FN2O3S. The van der Waals surface area contributed by atoms with Gasteiger partial charge in [-0.2, -0.15) is 0 Å². The standard InChI is InChI=1S/C12H11FN2O3S/c13-8-1-3-9(4-2-8)18-12-7-10(19(15,16)17)5-6-11(12)14/h1-7H,14H2,(H2,15,16,17). The second-order valence-electron chi connectivity index (χ2n) is 3.80. The van der Waals surface area contributed by atoms with Gasteiger partial charge in [0.05, 0.1) is 10.6 Å². The van der Waals surface area contributed by atoms with Crippen LogP contribution in [-0.2, 0) is 10.0 Å². The van der Waals surface area contributed by atoms with Crippen LogP contribution in [0, 0.1) is 5.82 Å². The van der Waals surface area contributed by atoms with Gasteiger partial charge in [0.1, 0.15) is 11.6 Å². The van der Waals surface area contributed by atoms with Gasteiger partial charge in [0.2, 0.25) is 10.0 Å². The number of ether oxygens (including phenoxy) is 1. The lowest BCUT2D eigenvalue weighted by molar-refractivity contribution is 0.481. The van der Waals surface area contributed by atoms with E-state index in [0.717, 1.165) is 0 Å². The number of hydrogen-bond acceptors (Lipinski definition) is 4. The third kappa shape index (κ3) is 3.21. The van der Waals surface area contributed by atoms with E-state index in [1.807, 2.05) is 0 Å². The molecule has 0 unspecified atom stereocenters. The average molecular weight is 282 g/mol. The predicted octanol–water partition coefficient (Wildman–Crippen LogP) is 1.85. The number of benzene rings is 2. The average Bonchev–Trinajstić information content (AvgIpc) is 2.33. The largest absolute Gasteiger partial charge is 0.455 e. The summed E-state index contributed by atoms with van der Waals surface area (Å²) < 4.78 is 40.6. The van der Waals surface area contributed by atoms with Gasteiger partial charge in [-0.25, -0.2) is 17.9 Å². The zero-order chi connectivity index (χ0) is 14.0. The van der Waals surface area contributed by atoms with Crippen LogP contribution in [0.25, 0.3) is 0 Å². The second kappa shape index (κ2) is 4.87. The van der Waals surface area contributed by atoms with Gasteiger partial charge in [-0.15, -0.1) is 0 Å². The summed E-state index contributed by atoms with van der Waals surface area (Å²) in [6.45, 7) is 0. The quantitative estimate of drug-likeness (QED) is 0.840. The van der Waals surface area contributed by atoms with E-state index in [4.69, 9.17) is 15.6 Å². The maximum Gasteiger partial charge on any atom is 0.238 e. The highest BCUT2D eigenvalue weighted by atomic mass is 32.2. The number of rotatable bonds is 3. The van der Waals surface area contributed by atoms with Gasteiger partial charge in [-0.3, -0.25) is 0 Å². The monoisotopic (exact) mass is 282 g/mol. The number of halogens is 1. The molecule has 0 aromatic heterocycles. The zero-order valence-electron chi connectivity index (χ0n) is 9.71. The molecule has 4 N–H and O–H groups in total. The van der Waals surface area contributed by atoms with Gasteiger partial charge < -0.3 is 10.5 Å². The van der Waals surface area contributed by atoms with Crippen molar-refractivity contribution < 1.29 is 17.5 Å². The molecule has 0 radical (unpaired) electrons. The summed E-state index contributed by atoms with van der Waals surface area (Å²) >= 11 is 0. The Hall–Kier alpha value is -2.12. The molecule has 19 heavy (non-hydrogen) atoms. The van der Waals surface area contributed by atoms with E-state index in [2.05, 4.69) is 0 Å². The van der Waals surface area contributed by atoms with Crippen LogP contribution in [0.3, 0.4) is 0 Å². The number of nitrogen functional groups attached to an aromatic ring is 1. The van der Waals surface area contributed by atoms with Crippen molar-refractivity contribution in [3.05, 3.63) is 48.3 Å². The predicted molar refractivity (Wildman–Crippen MR) is 68.7 cm³/mol. The Morgan fingerprint density at radius 1 is 1.05 bits per heavy atom. The van der Waals surface area contributed by atoms with Gasteiger partial charge in [0.25, 0.3) is 0 Å². The molecule has 7 heteroatoms. The molecule has 100 valence electrons. The summed E-state index contributed by atoms with van der Waals surface area (Å²) in [4.78, 5) is -0.112. The van der Waals surface area contributed by atoms with E-state index in [1.54, 1.807) is 0 Å². The van der Waals surface area contributed by atoms with Crippen molar-refractivity contribution in [2.75, 3.05) is 5.73 Å². The highest BCUT2D eigenvalue weighted by Gasteiger charge is 2.11. The Labute approximate surface area is 109 Å². The van der Waals surface area contributed by atoms with E-state index in [9.17, 15) is 12.8 Å². The minimum absolute atomic E-state index is 0.112. The fourth-order valence-electron chi connectivity index (χ4n) is 1.41. The number of sulfonamides is 1. The first-order chi connectivity index (χ1) is 8.86. The Morgan fingerprint density at radius 2 is 1.68 bits per heavy atom. The van der Waals surface area contributed by atoms with Crippen LogP contribution in [0.1, 0.15) is 0 Å². The van der Waals surface area contributed by atoms with Crippen LogP contribution in [0.5, 0.6) is 11.5 Å². The van der Waals surface area contributed by atoms with Gasteiger partial charge in [-0.1, -0.05) is 0 Å². The smallest absolute Gasteiger partial charge is 0.238 e. The lowest BCUT2D eigenvalue weighted by Crippen LogP contribution is -2.12. The van der Waals surface area contributed by atoms with Gasteiger partial charge in [-0.05, 0) is 36.4 Å². The first-order valence-corrected chi connectivity index (χ1v) is 6.76. The van der Waals surface area contributed by atoms with Crippen LogP contribution in [0.4, 0.5) is 10.1 Å². The fourth-order valence-corrected chi connectivity index (χ4v) is 1.94. The first kappa shape index (κ1) is 13.3. The van der Waals surface area contributed by atoms with E-state index in [-0.39, 0.29) is 16.3 Å². The Morgan fingerprint density at radius 3 is 2.26 bits per heavy atom. The molecule has 0 aliphatic rings. The number of primary sulfonamides is 1. The molecule has 0 fully saturated rings. The molecule has 0 saturated heterocycles. The molecule has 0 saturated carbocycles. The Bertz CT molecular complexity index is 699. The first-order valence-electron chi connectivity index (χ1n) is 5.22. The SMILES string of the molecule is Nc1ccc(S(N)(=O)=O)cc1Oc1ccc(F)cc1. The molecule has 0 amide bonds. The molecule has 0 bridgehead atoms. The van der Waals surface area contributed by atoms with Crippen LogP contribution in [0.15, 0.2) is 47.4 Å². The van der Waals surface area contributed by atoms with Crippen molar-refractivity contribution in [1.29, 1.82) is 0 Å². The van der Waals surface area contributed by atoms with E-state index in [1.165, 1.54) is 42.5 Å². The van der Waals surface area contributed by atoms with Crippen LogP contribution >= 0.6 is 0 Å². The second-order valence-corrected chi connectivity index (χ2v) is 5.36. The van der Waals surface area contributed by atoms with Crippen molar-refractivity contribution in [1.82, 2.24) is 0 Å². The molecule has 0 heterocycles.